The van der Waals surface area contributed by atoms with Crippen molar-refractivity contribution in [3.05, 3.63) is 65.4 Å². The Balaban J connectivity index is 1.33. The maximum absolute atomic E-state index is 12.3. The van der Waals surface area contributed by atoms with E-state index in [0.29, 0.717) is 21.9 Å². The van der Waals surface area contributed by atoms with Gasteiger partial charge in [0.25, 0.3) is 5.22 Å². The Morgan fingerprint density at radius 2 is 1.93 bits per heavy atom. The van der Waals surface area contributed by atoms with E-state index in [0.717, 1.165) is 16.5 Å². The molecule has 0 spiro atoms. The highest BCUT2D eigenvalue weighted by atomic mass is 35.5. The van der Waals surface area contributed by atoms with Crippen LogP contribution in [0.3, 0.4) is 0 Å². The van der Waals surface area contributed by atoms with Gasteiger partial charge in [0, 0.05) is 16.0 Å². The van der Waals surface area contributed by atoms with E-state index < -0.39 is 0 Å². The van der Waals surface area contributed by atoms with Crippen LogP contribution >= 0.6 is 23.4 Å². The van der Waals surface area contributed by atoms with E-state index >= 15 is 0 Å². The molecule has 2 heterocycles. The molecule has 1 amide bonds. The van der Waals surface area contributed by atoms with Gasteiger partial charge in [-0.3, -0.25) is 4.79 Å². The van der Waals surface area contributed by atoms with E-state index in [1.165, 1.54) is 11.8 Å². The van der Waals surface area contributed by atoms with Gasteiger partial charge in [-0.2, -0.15) is 0 Å². The van der Waals surface area contributed by atoms with E-state index in [9.17, 15) is 4.79 Å². The molecule has 0 bridgehead atoms. The summed E-state index contributed by atoms with van der Waals surface area (Å²) >= 11 is 7.06. The third-order valence-corrected chi connectivity index (χ3v) is 5.14. The van der Waals surface area contributed by atoms with Gasteiger partial charge in [-0.05, 0) is 43.3 Å². The normalized spacial score (nSPS) is 12.2. The molecule has 4 aromatic rings. The van der Waals surface area contributed by atoms with Crippen molar-refractivity contribution in [3.63, 3.8) is 0 Å². The van der Waals surface area contributed by atoms with Crippen LogP contribution in [0.25, 0.3) is 22.4 Å². The van der Waals surface area contributed by atoms with Gasteiger partial charge in [0.05, 0.1) is 11.8 Å². The molecule has 0 saturated heterocycles. The molecular formula is C20H16ClN3O3S. The van der Waals surface area contributed by atoms with Crippen LogP contribution in [0.5, 0.6) is 0 Å². The molecular weight excluding hydrogens is 398 g/mol. The first-order valence-electron chi connectivity index (χ1n) is 8.58. The molecule has 8 heteroatoms. The quantitative estimate of drug-likeness (QED) is 0.442. The fraction of sp³-hybridized carbons (Fsp3) is 0.150. The van der Waals surface area contributed by atoms with E-state index in [-0.39, 0.29) is 17.7 Å². The summed E-state index contributed by atoms with van der Waals surface area (Å²) in [6.07, 6.45) is 0. The number of amides is 1. The zero-order valence-electron chi connectivity index (χ0n) is 14.9. The Hall–Kier alpha value is -2.77. The molecule has 0 fully saturated rings. The summed E-state index contributed by atoms with van der Waals surface area (Å²) < 4.78 is 11.4. The van der Waals surface area contributed by atoms with Gasteiger partial charge in [0.1, 0.15) is 11.3 Å². The van der Waals surface area contributed by atoms with E-state index in [1.807, 2.05) is 37.3 Å². The first-order valence-corrected chi connectivity index (χ1v) is 9.95. The Kier molecular flexibility index (Phi) is 5.36. The zero-order chi connectivity index (χ0) is 19.5. The van der Waals surface area contributed by atoms with Gasteiger partial charge >= 0.3 is 0 Å². The molecule has 2 aromatic carbocycles. The molecule has 2 aromatic heterocycles. The zero-order valence-corrected chi connectivity index (χ0v) is 16.5. The number of carbonyl (C=O) groups excluding carboxylic acids is 1. The summed E-state index contributed by atoms with van der Waals surface area (Å²) in [7, 11) is 0. The van der Waals surface area contributed by atoms with Crippen LogP contribution in [0.15, 0.2) is 68.7 Å². The second kappa shape index (κ2) is 8.08. The maximum Gasteiger partial charge on any atom is 0.277 e. The van der Waals surface area contributed by atoms with Crippen molar-refractivity contribution >= 4 is 40.2 Å². The molecule has 28 heavy (non-hydrogen) atoms. The molecule has 0 radical (unpaired) electrons. The molecule has 0 aliphatic carbocycles. The van der Waals surface area contributed by atoms with Crippen LogP contribution in [0, 0.1) is 0 Å². The number of halogens is 1. The van der Waals surface area contributed by atoms with Gasteiger partial charge in [0.2, 0.25) is 11.8 Å². The SMILES string of the molecule is C[C@H](NC(=O)CSc1nnc(-c2ccc(Cl)cc2)o1)c1cc2ccccc2o1. The lowest BCUT2D eigenvalue weighted by Crippen LogP contribution is -2.27. The molecule has 0 aliphatic heterocycles. The Morgan fingerprint density at radius 1 is 1.14 bits per heavy atom. The van der Waals surface area contributed by atoms with Crippen molar-refractivity contribution in [2.24, 2.45) is 0 Å². The van der Waals surface area contributed by atoms with Crippen LogP contribution in [0.4, 0.5) is 0 Å². The van der Waals surface area contributed by atoms with E-state index in [4.69, 9.17) is 20.4 Å². The number of hydrogen-bond donors (Lipinski definition) is 1. The fourth-order valence-corrected chi connectivity index (χ4v) is 3.37. The van der Waals surface area contributed by atoms with Crippen LogP contribution in [0.1, 0.15) is 18.7 Å². The third-order valence-electron chi connectivity index (χ3n) is 4.07. The predicted octanol–water partition coefficient (Wildman–Crippen LogP) is 5.11. The third kappa shape index (κ3) is 4.21. The van der Waals surface area contributed by atoms with Gasteiger partial charge < -0.3 is 14.2 Å². The Bertz CT molecular complexity index is 1070. The number of nitrogens with zero attached hydrogens (tertiary/aromatic N) is 2. The van der Waals surface area contributed by atoms with Crippen LogP contribution in [0.2, 0.25) is 5.02 Å². The fourth-order valence-electron chi connectivity index (χ4n) is 2.67. The molecule has 1 N–H and O–H groups in total. The summed E-state index contributed by atoms with van der Waals surface area (Å²) in [6, 6.07) is 16.5. The summed E-state index contributed by atoms with van der Waals surface area (Å²) in [5.74, 6) is 1.11. The first-order chi connectivity index (χ1) is 13.6. The van der Waals surface area contributed by atoms with Crippen LogP contribution in [-0.4, -0.2) is 21.9 Å². The first kappa shape index (κ1) is 18.6. The molecule has 4 rings (SSSR count). The second-order valence-corrected chi connectivity index (χ2v) is 7.51. The van der Waals surface area contributed by atoms with Crippen LogP contribution < -0.4 is 5.32 Å². The Morgan fingerprint density at radius 3 is 2.71 bits per heavy atom. The van der Waals surface area contributed by atoms with Crippen molar-refractivity contribution in [2.75, 3.05) is 5.75 Å². The summed E-state index contributed by atoms with van der Waals surface area (Å²) in [5.41, 5.74) is 1.57. The summed E-state index contributed by atoms with van der Waals surface area (Å²) in [5, 5.41) is 12.9. The number of thioether (sulfide) groups is 1. The molecule has 0 saturated carbocycles. The number of nitrogens with one attached hydrogen (secondary N) is 1. The average Bonchev–Trinajstić information content (AvgIpc) is 3.34. The summed E-state index contributed by atoms with van der Waals surface area (Å²) in [4.78, 5) is 12.3. The Labute approximate surface area is 170 Å². The highest BCUT2D eigenvalue weighted by molar-refractivity contribution is 7.99. The smallest absolute Gasteiger partial charge is 0.277 e. The number of fused-ring (bicyclic) bond motifs is 1. The van der Waals surface area contributed by atoms with Crippen molar-refractivity contribution in [3.8, 4) is 11.5 Å². The number of benzene rings is 2. The molecule has 1 atom stereocenters. The van der Waals surface area contributed by atoms with Crippen molar-refractivity contribution in [2.45, 2.75) is 18.2 Å². The van der Waals surface area contributed by atoms with Gasteiger partial charge in [-0.25, -0.2) is 0 Å². The number of hydrogen-bond acceptors (Lipinski definition) is 6. The van der Waals surface area contributed by atoms with Gasteiger partial charge in [-0.1, -0.05) is 41.6 Å². The number of carbonyl (C=O) groups is 1. The standard InChI is InChI=1S/C20H16ClN3O3S/c1-12(17-10-14-4-2-3-5-16(14)26-17)22-18(25)11-28-20-24-23-19(27-20)13-6-8-15(21)9-7-13/h2-10,12H,11H2,1H3,(H,22,25)/t12-/m0/s1. The van der Waals surface area contributed by atoms with Crippen LogP contribution in [-0.2, 0) is 4.79 Å². The van der Waals surface area contributed by atoms with Crippen molar-refractivity contribution < 1.29 is 13.6 Å². The summed E-state index contributed by atoms with van der Waals surface area (Å²) in [6.45, 7) is 1.88. The lowest BCUT2D eigenvalue weighted by molar-refractivity contribution is -0.119. The monoisotopic (exact) mass is 413 g/mol. The molecule has 142 valence electrons. The topological polar surface area (TPSA) is 81.2 Å². The van der Waals surface area contributed by atoms with E-state index in [1.54, 1.807) is 24.3 Å². The largest absolute Gasteiger partial charge is 0.459 e. The molecule has 0 aliphatic rings. The maximum atomic E-state index is 12.3. The minimum Gasteiger partial charge on any atom is -0.459 e. The van der Waals surface area contributed by atoms with Crippen molar-refractivity contribution in [1.29, 1.82) is 0 Å². The molecule has 6 nitrogen and oxygen atoms in total. The highest BCUT2D eigenvalue weighted by Crippen LogP contribution is 2.25. The highest BCUT2D eigenvalue weighted by Gasteiger charge is 2.16. The van der Waals surface area contributed by atoms with Crippen molar-refractivity contribution in [1.82, 2.24) is 15.5 Å². The number of aromatic nitrogens is 2. The van der Waals surface area contributed by atoms with E-state index in [2.05, 4.69) is 15.5 Å². The lowest BCUT2D eigenvalue weighted by Gasteiger charge is -2.10. The van der Waals surface area contributed by atoms with Gasteiger partial charge in [0.15, 0.2) is 0 Å². The minimum absolute atomic E-state index is 0.149. The predicted molar refractivity (Wildman–Crippen MR) is 108 cm³/mol. The minimum atomic E-state index is -0.243. The number of rotatable bonds is 6. The second-order valence-electron chi connectivity index (χ2n) is 6.14. The average molecular weight is 414 g/mol. The number of furan rings is 1. The molecule has 0 unspecified atom stereocenters. The van der Waals surface area contributed by atoms with Gasteiger partial charge in [-0.15, -0.1) is 10.2 Å². The lowest BCUT2D eigenvalue weighted by atomic mass is 10.2. The number of para-hydroxylation sites is 1.